The molecule has 0 unspecified atom stereocenters. The molecular weight excluding hydrogens is 275 g/mol. The number of aryl methyl sites for hydroxylation is 1. The van der Waals surface area contributed by atoms with Crippen molar-refractivity contribution in [2.45, 2.75) is 6.92 Å². The van der Waals surface area contributed by atoms with E-state index in [9.17, 15) is 4.79 Å². The molecule has 0 spiro atoms. The molecule has 0 atom stereocenters. The molecular formula is C12H10Cl2N2O2. The molecule has 18 heavy (non-hydrogen) atoms. The molecule has 6 heteroatoms. The predicted molar refractivity (Wildman–Crippen MR) is 69.7 cm³/mol. The van der Waals surface area contributed by atoms with Crippen LogP contribution in [0, 0.1) is 6.92 Å². The largest absolute Gasteiger partial charge is 0.464 e. The van der Waals surface area contributed by atoms with Crippen molar-refractivity contribution < 1.29 is 9.53 Å². The van der Waals surface area contributed by atoms with E-state index in [1.165, 1.54) is 11.8 Å². The number of para-hydroxylation sites is 1. The Morgan fingerprint density at radius 3 is 2.50 bits per heavy atom. The van der Waals surface area contributed by atoms with Gasteiger partial charge in [0.05, 0.1) is 17.2 Å². The highest BCUT2D eigenvalue weighted by atomic mass is 35.5. The lowest BCUT2D eigenvalue weighted by atomic mass is 10.3. The second-order valence-corrected chi connectivity index (χ2v) is 4.48. The maximum Gasteiger partial charge on any atom is 0.358 e. The molecule has 0 aliphatic rings. The number of carbonyl (C=O) groups is 1. The van der Waals surface area contributed by atoms with Crippen LogP contribution < -0.4 is 0 Å². The fourth-order valence-electron chi connectivity index (χ4n) is 1.58. The molecule has 0 bridgehead atoms. The van der Waals surface area contributed by atoms with E-state index in [0.717, 1.165) is 0 Å². The number of esters is 1. The molecule has 1 aromatic heterocycles. The Morgan fingerprint density at radius 2 is 1.94 bits per heavy atom. The summed E-state index contributed by atoms with van der Waals surface area (Å²) >= 11 is 12.2. The van der Waals surface area contributed by atoms with E-state index in [0.29, 0.717) is 21.3 Å². The third-order valence-corrected chi connectivity index (χ3v) is 3.05. The summed E-state index contributed by atoms with van der Waals surface area (Å²) in [5, 5.41) is 5.06. The highest BCUT2D eigenvalue weighted by Gasteiger charge is 2.17. The second-order valence-electron chi connectivity index (χ2n) is 3.67. The number of carbonyl (C=O) groups excluding carboxylic acids is 1. The third kappa shape index (κ3) is 2.21. The van der Waals surface area contributed by atoms with Gasteiger partial charge in [0.25, 0.3) is 0 Å². The molecule has 4 nitrogen and oxygen atoms in total. The molecule has 2 rings (SSSR count). The summed E-state index contributed by atoms with van der Waals surface area (Å²) in [5.74, 6) is -0.491. The monoisotopic (exact) mass is 284 g/mol. The van der Waals surface area contributed by atoms with Crippen LogP contribution in [0.15, 0.2) is 24.4 Å². The van der Waals surface area contributed by atoms with E-state index >= 15 is 0 Å². The molecule has 0 radical (unpaired) electrons. The minimum Gasteiger partial charge on any atom is -0.464 e. The van der Waals surface area contributed by atoms with Crippen LogP contribution in [0.1, 0.15) is 16.1 Å². The van der Waals surface area contributed by atoms with Gasteiger partial charge in [-0.15, -0.1) is 0 Å². The van der Waals surface area contributed by atoms with E-state index in [-0.39, 0.29) is 5.69 Å². The van der Waals surface area contributed by atoms with Gasteiger partial charge in [0, 0.05) is 11.8 Å². The number of methoxy groups -OCH3 is 1. The van der Waals surface area contributed by atoms with Gasteiger partial charge in [0.1, 0.15) is 5.69 Å². The zero-order chi connectivity index (χ0) is 13.3. The number of nitrogens with zero attached hydrogens (tertiary/aromatic N) is 2. The summed E-state index contributed by atoms with van der Waals surface area (Å²) in [6.45, 7) is 1.76. The Balaban J connectivity index is 2.56. The van der Waals surface area contributed by atoms with E-state index in [2.05, 4.69) is 9.84 Å². The number of halogens is 2. The number of hydrogen-bond donors (Lipinski definition) is 0. The molecule has 0 saturated carbocycles. The first kappa shape index (κ1) is 12.9. The first-order valence-corrected chi connectivity index (χ1v) is 5.89. The van der Waals surface area contributed by atoms with Crippen LogP contribution in [-0.2, 0) is 4.74 Å². The van der Waals surface area contributed by atoms with Crippen LogP contribution in [0.25, 0.3) is 5.69 Å². The van der Waals surface area contributed by atoms with Gasteiger partial charge < -0.3 is 4.74 Å². The van der Waals surface area contributed by atoms with Crippen LogP contribution >= 0.6 is 23.2 Å². The Bertz CT molecular complexity index is 588. The van der Waals surface area contributed by atoms with Crippen molar-refractivity contribution >= 4 is 29.2 Å². The van der Waals surface area contributed by atoms with Gasteiger partial charge in [-0.3, -0.25) is 0 Å². The van der Waals surface area contributed by atoms with E-state index in [4.69, 9.17) is 23.2 Å². The number of rotatable bonds is 2. The lowest BCUT2D eigenvalue weighted by Gasteiger charge is -2.06. The molecule has 0 amide bonds. The van der Waals surface area contributed by atoms with Crippen molar-refractivity contribution in [2.75, 3.05) is 7.11 Å². The van der Waals surface area contributed by atoms with Crippen LogP contribution in [0.2, 0.25) is 10.0 Å². The molecule has 94 valence electrons. The summed E-state index contributed by atoms with van der Waals surface area (Å²) in [4.78, 5) is 11.5. The lowest BCUT2D eigenvalue weighted by Crippen LogP contribution is -2.05. The fraction of sp³-hybridized carbons (Fsp3) is 0.167. The zero-order valence-corrected chi connectivity index (χ0v) is 11.3. The topological polar surface area (TPSA) is 44.1 Å². The third-order valence-electron chi connectivity index (χ3n) is 2.44. The van der Waals surface area contributed by atoms with Gasteiger partial charge in [0.2, 0.25) is 0 Å². The van der Waals surface area contributed by atoms with Crippen molar-refractivity contribution in [3.63, 3.8) is 0 Å². The summed E-state index contributed by atoms with van der Waals surface area (Å²) < 4.78 is 6.12. The highest BCUT2D eigenvalue weighted by molar-refractivity contribution is 6.37. The predicted octanol–water partition coefficient (Wildman–Crippen LogP) is 3.27. The molecule has 2 aromatic rings. The molecule has 1 heterocycles. The Morgan fingerprint density at radius 1 is 1.33 bits per heavy atom. The van der Waals surface area contributed by atoms with E-state index in [1.54, 1.807) is 31.3 Å². The minimum atomic E-state index is -0.491. The maximum absolute atomic E-state index is 11.5. The van der Waals surface area contributed by atoms with Gasteiger partial charge in [0.15, 0.2) is 5.69 Å². The van der Waals surface area contributed by atoms with Crippen LogP contribution in [-0.4, -0.2) is 22.9 Å². The number of benzene rings is 1. The van der Waals surface area contributed by atoms with Gasteiger partial charge in [-0.2, -0.15) is 5.10 Å². The highest BCUT2D eigenvalue weighted by Crippen LogP contribution is 2.28. The summed E-state index contributed by atoms with van der Waals surface area (Å²) in [7, 11) is 1.31. The average Bonchev–Trinajstić information content (AvgIpc) is 2.70. The summed E-state index contributed by atoms with van der Waals surface area (Å²) in [6, 6.07) is 5.15. The number of ether oxygens (including phenoxy) is 1. The van der Waals surface area contributed by atoms with Crippen molar-refractivity contribution in [1.29, 1.82) is 0 Å². The molecule has 0 N–H and O–H groups in total. The van der Waals surface area contributed by atoms with Crippen molar-refractivity contribution in [3.8, 4) is 5.69 Å². The minimum absolute atomic E-state index is 0.244. The van der Waals surface area contributed by atoms with Gasteiger partial charge >= 0.3 is 5.97 Å². The van der Waals surface area contributed by atoms with E-state index in [1.807, 2.05) is 0 Å². The second kappa shape index (κ2) is 5.00. The maximum atomic E-state index is 11.5. The molecule has 1 aromatic carbocycles. The van der Waals surface area contributed by atoms with Gasteiger partial charge in [-0.1, -0.05) is 29.3 Å². The lowest BCUT2D eigenvalue weighted by molar-refractivity contribution is 0.0592. The zero-order valence-electron chi connectivity index (χ0n) is 9.78. The van der Waals surface area contributed by atoms with E-state index < -0.39 is 5.97 Å². The summed E-state index contributed by atoms with van der Waals surface area (Å²) in [6.07, 6.45) is 1.68. The van der Waals surface area contributed by atoms with Crippen LogP contribution in [0.5, 0.6) is 0 Å². The van der Waals surface area contributed by atoms with Crippen LogP contribution in [0.4, 0.5) is 0 Å². The first-order chi connectivity index (χ1) is 8.54. The normalized spacial score (nSPS) is 10.4. The fourth-order valence-corrected chi connectivity index (χ4v) is 2.15. The average molecular weight is 285 g/mol. The number of aromatic nitrogens is 2. The van der Waals surface area contributed by atoms with Crippen molar-refractivity contribution in [1.82, 2.24) is 9.78 Å². The van der Waals surface area contributed by atoms with Gasteiger partial charge in [-0.25, -0.2) is 9.48 Å². The smallest absolute Gasteiger partial charge is 0.358 e. The van der Waals surface area contributed by atoms with Crippen molar-refractivity contribution in [2.24, 2.45) is 0 Å². The molecule has 0 aliphatic carbocycles. The Hall–Kier alpha value is -1.52. The standard InChI is InChI=1S/C12H10Cl2N2O2/c1-7-6-16(15-10(7)12(17)18-2)11-8(13)4-3-5-9(11)14/h3-6H,1-2H3. The molecule has 0 aliphatic heterocycles. The van der Waals surface area contributed by atoms with Gasteiger partial charge in [-0.05, 0) is 19.1 Å². The van der Waals surface area contributed by atoms with Crippen LogP contribution in [0.3, 0.4) is 0 Å². The molecule has 0 fully saturated rings. The Labute approximate surface area is 114 Å². The first-order valence-electron chi connectivity index (χ1n) is 5.13. The summed E-state index contributed by atoms with van der Waals surface area (Å²) in [5.41, 5.74) is 1.48. The SMILES string of the molecule is COC(=O)c1nn(-c2c(Cl)cccc2Cl)cc1C. The van der Waals surface area contributed by atoms with Crippen molar-refractivity contribution in [3.05, 3.63) is 45.7 Å². The Kier molecular flexibility index (Phi) is 3.59. The molecule has 0 saturated heterocycles. The quantitative estimate of drug-likeness (QED) is 0.795. The number of hydrogen-bond acceptors (Lipinski definition) is 3.